The number of aliphatic hydroxyl groups excluding tert-OH is 1. The summed E-state index contributed by atoms with van der Waals surface area (Å²) in [5, 5.41) is 13.4. The fourth-order valence-corrected chi connectivity index (χ4v) is 1.18. The summed E-state index contributed by atoms with van der Waals surface area (Å²) in [6.07, 6.45) is -0.737. The van der Waals surface area contributed by atoms with Crippen LogP contribution in [-0.2, 0) is 9.59 Å². The molecule has 2 amide bonds. The highest BCUT2D eigenvalue weighted by Gasteiger charge is 2.14. The van der Waals surface area contributed by atoms with Gasteiger partial charge < -0.3 is 15.7 Å². The quantitative estimate of drug-likeness (QED) is 0.690. The third-order valence-corrected chi connectivity index (χ3v) is 2.19. The molecular weight excluding hydrogens is 239 g/mol. The SMILES string of the molecule is Cc1ccc(NC(=O)C(=O)NC[C@H](C)O)cc1F. The van der Waals surface area contributed by atoms with Gasteiger partial charge in [-0.1, -0.05) is 6.07 Å². The minimum atomic E-state index is -0.904. The van der Waals surface area contributed by atoms with Crippen molar-refractivity contribution in [3.8, 4) is 0 Å². The van der Waals surface area contributed by atoms with Gasteiger partial charge in [0, 0.05) is 12.2 Å². The molecule has 1 aromatic rings. The Bertz CT molecular complexity index is 461. The Morgan fingerprint density at radius 1 is 1.39 bits per heavy atom. The predicted molar refractivity (Wildman–Crippen MR) is 64.5 cm³/mol. The maximum Gasteiger partial charge on any atom is 0.313 e. The molecule has 0 fully saturated rings. The van der Waals surface area contributed by atoms with Crippen molar-refractivity contribution in [1.82, 2.24) is 5.32 Å². The van der Waals surface area contributed by atoms with Crippen LogP contribution in [0.4, 0.5) is 10.1 Å². The summed E-state index contributed by atoms with van der Waals surface area (Å²) in [5.74, 6) is -2.24. The Labute approximate surface area is 104 Å². The second-order valence-corrected chi connectivity index (χ2v) is 3.98. The van der Waals surface area contributed by atoms with Crippen molar-refractivity contribution < 1.29 is 19.1 Å². The Balaban J connectivity index is 2.58. The van der Waals surface area contributed by atoms with Crippen LogP contribution in [0.25, 0.3) is 0 Å². The molecule has 0 aromatic heterocycles. The number of nitrogens with one attached hydrogen (secondary N) is 2. The molecule has 0 aliphatic carbocycles. The molecule has 0 saturated carbocycles. The summed E-state index contributed by atoms with van der Waals surface area (Å²) in [7, 11) is 0. The van der Waals surface area contributed by atoms with E-state index in [0.717, 1.165) is 6.07 Å². The third kappa shape index (κ3) is 4.14. The van der Waals surface area contributed by atoms with Gasteiger partial charge in [0.25, 0.3) is 0 Å². The molecule has 0 aliphatic rings. The van der Waals surface area contributed by atoms with E-state index < -0.39 is 23.7 Å². The lowest BCUT2D eigenvalue weighted by molar-refractivity contribution is -0.136. The first-order valence-electron chi connectivity index (χ1n) is 5.43. The first kappa shape index (κ1) is 14.1. The molecule has 0 radical (unpaired) electrons. The number of amides is 2. The van der Waals surface area contributed by atoms with E-state index in [4.69, 9.17) is 5.11 Å². The van der Waals surface area contributed by atoms with Crippen LogP contribution in [0.2, 0.25) is 0 Å². The molecule has 6 heteroatoms. The van der Waals surface area contributed by atoms with Crippen molar-refractivity contribution >= 4 is 17.5 Å². The Hall–Kier alpha value is -1.95. The van der Waals surface area contributed by atoms with E-state index in [2.05, 4.69) is 10.6 Å². The Morgan fingerprint density at radius 3 is 2.61 bits per heavy atom. The van der Waals surface area contributed by atoms with Gasteiger partial charge in [0.1, 0.15) is 5.82 Å². The zero-order chi connectivity index (χ0) is 13.7. The van der Waals surface area contributed by atoms with Gasteiger partial charge in [0.15, 0.2) is 0 Å². The number of hydrogen-bond donors (Lipinski definition) is 3. The lowest BCUT2D eigenvalue weighted by Gasteiger charge is -2.08. The van der Waals surface area contributed by atoms with Crippen LogP contribution in [0.1, 0.15) is 12.5 Å². The number of carbonyl (C=O) groups excluding carboxylic acids is 2. The lowest BCUT2D eigenvalue weighted by Crippen LogP contribution is -2.38. The number of carbonyl (C=O) groups is 2. The standard InChI is InChI=1S/C12H15FN2O3/c1-7-3-4-9(5-10(7)13)15-12(18)11(17)14-6-8(2)16/h3-5,8,16H,6H2,1-2H3,(H,14,17)(H,15,18)/t8-/m0/s1. The van der Waals surface area contributed by atoms with Gasteiger partial charge in [0.05, 0.1) is 6.10 Å². The zero-order valence-corrected chi connectivity index (χ0v) is 10.2. The van der Waals surface area contributed by atoms with Gasteiger partial charge in [-0.15, -0.1) is 0 Å². The fourth-order valence-electron chi connectivity index (χ4n) is 1.18. The molecule has 1 rings (SSSR count). The molecule has 0 spiro atoms. The number of aryl methyl sites for hydroxylation is 1. The van der Waals surface area contributed by atoms with Crippen LogP contribution >= 0.6 is 0 Å². The maximum atomic E-state index is 13.2. The van der Waals surface area contributed by atoms with Gasteiger partial charge in [-0.3, -0.25) is 9.59 Å². The average molecular weight is 254 g/mol. The summed E-state index contributed by atoms with van der Waals surface area (Å²) in [6.45, 7) is 3.05. The number of anilines is 1. The molecular formula is C12H15FN2O3. The summed E-state index contributed by atoms with van der Waals surface area (Å²) in [4.78, 5) is 22.7. The molecule has 98 valence electrons. The second-order valence-electron chi connectivity index (χ2n) is 3.98. The van der Waals surface area contributed by atoms with Gasteiger partial charge in [-0.05, 0) is 31.5 Å². The molecule has 0 unspecified atom stereocenters. The first-order valence-corrected chi connectivity index (χ1v) is 5.43. The first-order chi connectivity index (χ1) is 8.40. The van der Waals surface area contributed by atoms with Crippen LogP contribution in [0.5, 0.6) is 0 Å². The van der Waals surface area contributed by atoms with Gasteiger partial charge in [-0.2, -0.15) is 0 Å². The largest absolute Gasteiger partial charge is 0.392 e. The van der Waals surface area contributed by atoms with Gasteiger partial charge in [-0.25, -0.2) is 4.39 Å². The highest BCUT2D eigenvalue weighted by atomic mass is 19.1. The molecule has 0 aliphatic heterocycles. The predicted octanol–water partition coefficient (Wildman–Crippen LogP) is 0.570. The molecule has 1 aromatic carbocycles. The monoisotopic (exact) mass is 254 g/mol. The molecule has 0 heterocycles. The number of benzene rings is 1. The van der Waals surface area contributed by atoms with Crippen LogP contribution in [0, 0.1) is 12.7 Å². The van der Waals surface area contributed by atoms with Crippen LogP contribution in [0.15, 0.2) is 18.2 Å². The normalized spacial score (nSPS) is 11.8. The smallest absolute Gasteiger partial charge is 0.313 e. The van der Waals surface area contributed by atoms with Crippen LogP contribution in [0.3, 0.4) is 0 Å². The van der Waals surface area contributed by atoms with Gasteiger partial charge >= 0.3 is 11.8 Å². The van der Waals surface area contributed by atoms with E-state index in [1.165, 1.54) is 19.1 Å². The van der Waals surface area contributed by atoms with Crippen molar-refractivity contribution in [1.29, 1.82) is 0 Å². The van der Waals surface area contributed by atoms with Crippen molar-refractivity contribution in [3.63, 3.8) is 0 Å². The molecule has 3 N–H and O–H groups in total. The van der Waals surface area contributed by atoms with Crippen molar-refractivity contribution in [2.45, 2.75) is 20.0 Å². The van der Waals surface area contributed by atoms with Crippen LogP contribution in [-0.4, -0.2) is 29.6 Å². The summed E-state index contributed by atoms with van der Waals surface area (Å²) < 4.78 is 13.2. The highest BCUT2D eigenvalue weighted by molar-refractivity contribution is 6.39. The topological polar surface area (TPSA) is 78.4 Å². The van der Waals surface area contributed by atoms with E-state index >= 15 is 0 Å². The molecule has 1 atom stereocenters. The summed E-state index contributed by atoms with van der Waals surface area (Å²) in [5.41, 5.74) is 0.654. The molecule has 18 heavy (non-hydrogen) atoms. The van der Waals surface area contributed by atoms with Crippen molar-refractivity contribution in [2.75, 3.05) is 11.9 Å². The lowest BCUT2D eigenvalue weighted by atomic mass is 10.2. The van der Waals surface area contributed by atoms with E-state index in [-0.39, 0.29) is 12.2 Å². The number of rotatable bonds is 3. The molecule has 5 nitrogen and oxygen atoms in total. The van der Waals surface area contributed by atoms with Gasteiger partial charge in [0.2, 0.25) is 0 Å². The summed E-state index contributed by atoms with van der Waals surface area (Å²) >= 11 is 0. The van der Waals surface area contributed by atoms with Crippen molar-refractivity contribution in [2.24, 2.45) is 0 Å². The molecule has 0 saturated heterocycles. The van der Waals surface area contributed by atoms with E-state index in [9.17, 15) is 14.0 Å². The number of hydrogen-bond acceptors (Lipinski definition) is 3. The van der Waals surface area contributed by atoms with Crippen LogP contribution < -0.4 is 10.6 Å². The minimum absolute atomic E-state index is 0.0193. The number of halogens is 1. The molecule has 0 bridgehead atoms. The van der Waals surface area contributed by atoms with Crippen molar-refractivity contribution in [3.05, 3.63) is 29.6 Å². The highest BCUT2D eigenvalue weighted by Crippen LogP contribution is 2.13. The fraction of sp³-hybridized carbons (Fsp3) is 0.333. The second kappa shape index (κ2) is 6.11. The summed E-state index contributed by atoms with van der Waals surface area (Å²) in [6, 6.07) is 4.13. The van der Waals surface area contributed by atoms with E-state index in [0.29, 0.717) is 5.56 Å². The number of aliphatic hydroxyl groups is 1. The zero-order valence-electron chi connectivity index (χ0n) is 10.2. The maximum absolute atomic E-state index is 13.2. The average Bonchev–Trinajstić information content (AvgIpc) is 2.30. The Kier molecular flexibility index (Phi) is 4.79. The Morgan fingerprint density at radius 2 is 2.06 bits per heavy atom. The van der Waals surface area contributed by atoms with E-state index in [1.54, 1.807) is 6.92 Å². The minimum Gasteiger partial charge on any atom is -0.392 e. The third-order valence-electron chi connectivity index (χ3n) is 2.19. The van der Waals surface area contributed by atoms with E-state index in [1.807, 2.05) is 0 Å².